The van der Waals surface area contributed by atoms with E-state index in [0.29, 0.717) is 0 Å². The van der Waals surface area contributed by atoms with Gasteiger partial charge in [-0.2, -0.15) is 0 Å². The number of allylic oxidation sites excluding steroid dienone is 1. The monoisotopic (exact) mass is 176 g/mol. The average molecular weight is 176 g/mol. The van der Waals surface area contributed by atoms with Crippen molar-refractivity contribution in [3.8, 4) is 0 Å². The van der Waals surface area contributed by atoms with Gasteiger partial charge >= 0.3 is 0 Å². The summed E-state index contributed by atoms with van der Waals surface area (Å²) in [6.07, 6.45) is 3.59. The lowest BCUT2D eigenvalue weighted by Crippen LogP contribution is -1.91. The fourth-order valence-electron chi connectivity index (χ4n) is 1.23. The molecule has 0 bridgehead atoms. The highest BCUT2D eigenvalue weighted by molar-refractivity contribution is 5.24. The molecule has 1 unspecified atom stereocenters. The highest BCUT2D eigenvalue weighted by atomic mass is 16.3. The van der Waals surface area contributed by atoms with Gasteiger partial charge in [-0.3, -0.25) is 0 Å². The number of aliphatic hydroxyl groups excluding tert-OH is 1. The predicted octanol–water partition coefficient (Wildman–Crippen LogP) is 2.86. The molecule has 1 aromatic carbocycles. The second-order valence-corrected chi connectivity index (χ2v) is 3.24. The van der Waals surface area contributed by atoms with Crippen molar-refractivity contribution in [2.75, 3.05) is 0 Å². The van der Waals surface area contributed by atoms with Gasteiger partial charge in [0.25, 0.3) is 0 Å². The molecule has 0 saturated carbocycles. The summed E-state index contributed by atoms with van der Waals surface area (Å²) in [5.74, 6) is 0. The van der Waals surface area contributed by atoms with E-state index in [2.05, 4.69) is 18.7 Å². The minimum absolute atomic E-state index is 0.367. The molecule has 0 heterocycles. The molecular formula is C12H16O. The quantitative estimate of drug-likeness (QED) is 0.699. The molecule has 0 radical (unpaired) electrons. The predicted molar refractivity (Wildman–Crippen MR) is 55.6 cm³/mol. The zero-order chi connectivity index (χ0) is 9.68. The molecule has 0 aliphatic rings. The van der Waals surface area contributed by atoms with Gasteiger partial charge in [0.15, 0.2) is 0 Å². The molecular weight excluding hydrogens is 160 g/mol. The summed E-state index contributed by atoms with van der Waals surface area (Å²) < 4.78 is 0. The van der Waals surface area contributed by atoms with Gasteiger partial charge in [-0.05, 0) is 30.9 Å². The van der Waals surface area contributed by atoms with Crippen LogP contribution in [0.15, 0.2) is 36.9 Å². The van der Waals surface area contributed by atoms with E-state index in [1.165, 1.54) is 5.56 Å². The topological polar surface area (TPSA) is 20.2 Å². The summed E-state index contributed by atoms with van der Waals surface area (Å²) >= 11 is 0. The maximum atomic E-state index is 9.27. The Morgan fingerprint density at radius 3 is 2.46 bits per heavy atom. The van der Waals surface area contributed by atoms with Crippen LogP contribution in [0, 0.1) is 0 Å². The van der Waals surface area contributed by atoms with Gasteiger partial charge in [-0.15, -0.1) is 6.58 Å². The van der Waals surface area contributed by atoms with Crippen LogP contribution in [0.5, 0.6) is 0 Å². The largest absolute Gasteiger partial charge is 0.389 e. The molecule has 13 heavy (non-hydrogen) atoms. The van der Waals surface area contributed by atoms with E-state index in [1.807, 2.05) is 18.2 Å². The molecule has 70 valence electrons. The van der Waals surface area contributed by atoms with E-state index in [-0.39, 0.29) is 6.10 Å². The fourth-order valence-corrected chi connectivity index (χ4v) is 1.23. The average Bonchev–Trinajstić information content (AvgIpc) is 2.15. The van der Waals surface area contributed by atoms with E-state index in [1.54, 1.807) is 6.92 Å². The summed E-state index contributed by atoms with van der Waals surface area (Å²) in [5, 5.41) is 9.27. The summed E-state index contributed by atoms with van der Waals surface area (Å²) in [6.45, 7) is 5.46. The van der Waals surface area contributed by atoms with Crippen LogP contribution in [0.4, 0.5) is 0 Å². The van der Waals surface area contributed by atoms with Crippen molar-refractivity contribution in [3.05, 3.63) is 48.0 Å². The van der Waals surface area contributed by atoms with Gasteiger partial charge in [-0.25, -0.2) is 0 Å². The Kier molecular flexibility index (Phi) is 3.71. The summed E-state index contributed by atoms with van der Waals surface area (Å²) in [5.41, 5.74) is 2.27. The van der Waals surface area contributed by atoms with Gasteiger partial charge in [0.1, 0.15) is 0 Å². The lowest BCUT2D eigenvalue weighted by atomic mass is 10.1. The molecule has 1 heteroatoms. The highest BCUT2D eigenvalue weighted by Gasteiger charge is 1.99. The first-order valence-corrected chi connectivity index (χ1v) is 4.62. The molecule has 1 aromatic rings. The van der Waals surface area contributed by atoms with Crippen LogP contribution >= 0.6 is 0 Å². The van der Waals surface area contributed by atoms with Gasteiger partial charge < -0.3 is 5.11 Å². The standard InChI is InChI=1S/C12H16O/c1-3-4-5-11-6-8-12(9-7-11)10(2)13/h3,6-10,13H,1,4-5H2,2H3. The molecule has 0 spiro atoms. The third-order valence-electron chi connectivity index (χ3n) is 2.10. The lowest BCUT2D eigenvalue weighted by Gasteiger charge is -2.05. The van der Waals surface area contributed by atoms with Crippen LogP contribution in [0.1, 0.15) is 30.6 Å². The number of aryl methyl sites for hydroxylation is 1. The Bertz CT molecular complexity index is 259. The molecule has 0 aliphatic carbocycles. The Morgan fingerprint density at radius 1 is 1.38 bits per heavy atom. The van der Waals surface area contributed by atoms with Crippen molar-refractivity contribution in [3.63, 3.8) is 0 Å². The number of rotatable bonds is 4. The van der Waals surface area contributed by atoms with E-state index in [4.69, 9.17) is 0 Å². The molecule has 0 saturated heterocycles. The van der Waals surface area contributed by atoms with Crippen molar-refractivity contribution >= 4 is 0 Å². The first-order valence-electron chi connectivity index (χ1n) is 4.62. The van der Waals surface area contributed by atoms with Crippen molar-refractivity contribution in [1.82, 2.24) is 0 Å². The first-order chi connectivity index (χ1) is 6.24. The van der Waals surface area contributed by atoms with Crippen molar-refractivity contribution < 1.29 is 5.11 Å². The van der Waals surface area contributed by atoms with Crippen LogP contribution in [-0.4, -0.2) is 5.11 Å². The molecule has 0 amide bonds. The maximum Gasteiger partial charge on any atom is 0.0761 e. The minimum Gasteiger partial charge on any atom is -0.389 e. The molecule has 0 aliphatic heterocycles. The second-order valence-electron chi connectivity index (χ2n) is 3.24. The van der Waals surface area contributed by atoms with Gasteiger partial charge in [-0.1, -0.05) is 30.3 Å². The molecule has 0 fully saturated rings. The summed E-state index contributed by atoms with van der Waals surface area (Å²) in [4.78, 5) is 0. The number of aliphatic hydroxyl groups is 1. The molecule has 1 nitrogen and oxygen atoms in total. The Balaban J connectivity index is 2.64. The second kappa shape index (κ2) is 4.83. The third kappa shape index (κ3) is 3.03. The van der Waals surface area contributed by atoms with E-state index in [0.717, 1.165) is 18.4 Å². The van der Waals surface area contributed by atoms with Crippen molar-refractivity contribution in [2.24, 2.45) is 0 Å². The number of benzene rings is 1. The molecule has 1 atom stereocenters. The van der Waals surface area contributed by atoms with Crippen LogP contribution < -0.4 is 0 Å². The van der Waals surface area contributed by atoms with E-state index >= 15 is 0 Å². The fraction of sp³-hybridized carbons (Fsp3) is 0.333. The van der Waals surface area contributed by atoms with Gasteiger partial charge in [0.05, 0.1) is 6.10 Å². The highest BCUT2D eigenvalue weighted by Crippen LogP contribution is 2.13. The smallest absolute Gasteiger partial charge is 0.0761 e. The van der Waals surface area contributed by atoms with Crippen LogP contribution in [0.3, 0.4) is 0 Å². The van der Waals surface area contributed by atoms with Gasteiger partial charge in [0.2, 0.25) is 0 Å². The van der Waals surface area contributed by atoms with E-state index < -0.39 is 0 Å². The molecule has 1 rings (SSSR count). The lowest BCUT2D eigenvalue weighted by molar-refractivity contribution is 0.199. The van der Waals surface area contributed by atoms with Crippen molar-refractivity contribution in [1.29, 1.82) is 0 Å². The zero-order valence-corrected chi connectivity index (χ0v) is 8.03. The normalized spacial score (nSPS) is 12.5. The minimum atomic E-state index is -0.367. The SMILES string of the molecule is C=CCCc1ccc(C(C)O)cc1. The number of hydrogen-bond acceptors (Lipinski definition) is 1. The van der Waals surface area contributed by atoms with Crippen molar-refractivity contribution in [2.45, 2.75) is 25.9 Å². The molecule has 1 N–H and O–H groups in total. The summed E-state index contributed by atoms with van der Waals surface area (Å²) in [6, 6.07) is 8.07. The summed E-state index contributed by atoms with van der Waals surface area (Å²) in [7, 11) is 0. The van der Waals surface area contributed by atoms with Crippen LogP contribution in [0.25, 0.3) is 0 Å². The Labute approximate surface area is 79.7 Å². The van der Waals surface area contributed by atoms with Gasteiger partial charge in [0, 0.05) is 0 Å². The Morgan fingerprint density at radius 2 is 2.00 bits per heavy atom. The van der Waals surface area contributed by atoms with E-state index in [9.17, 15) is 5.11 Å². The first kappa shape index (κ1) is 10.0. The third-order valence-corrected chi connectivity index (χ3v) is 2.10. The molecule has 0 aromatic heterocycles. The number of hydrogen-bond donors (Lipinski definition) is 1. The van der Waals surface area contributed by atoms with Crippen LogP contribution in [0.2, 0.25) is 0 Å². The zero-order valence-electron chi connectivity index (χ0n) is 8.03. The maximum absolute atomic E-state index is 9.27. The Hall–Kier alpha value is -1.08. The van der Waals surface area contributed by atoms with Crippen LogP contribution in [-0.2, 0) is 6.42 Å².